The van der Waals surface area contributed by atoms with Gasteiger partial charge in [-0.05, 0) is 77.5 Å². The normalized spacial score (nSPS) is 10.8. The number of thiophene rings is 2. The predicted octanol–water partition coefficient (Wildman–Crippen LogP) is 13.7. The van der Waals surface area contributed by atoms with Gasteiger partial charge in [0.15, 0.2) is 6.29 Å². The zero-order valence-corrected chi connectivity index (χ0v) is 42.3. The molecule has 66 heavy (non-hydrogen) atoms. The number of aromatic amines is 1. The summed E-state index contributed by atoms with van der Waals surface area (Å²) in [6.45, 7) is 12.4. The Morgan fingerprint density at radius 3 is 1.95 bits per heavy atom. The average molecular weight is 1040 g/mol. The van der Waals surface area contributed by atoms with E-state index in [1.54, 1.807) is 60.1 Å². The van der Waals surface area contributed by atoms with Crippen molar-refractivity contribution in [2.24, 2.45) is 0 Å². The number of para-hydroxylation sites is 1. The second-order valence-electron chi connectivity index (χ2n) is 15.5. The molecule has 11 nitrogen and oxygen atoms in total. The third-order valence-electron chi connectivity index (χ3n) is 9.74. The van der Waals surface area contributed by atoms with Crippen molar-refractivity contribution in [1.29, 1.82) is 0 Å². The van der Waals surface area contributed by atoms with E-state index in [1.165, 1.54) is 36.7 Å². The van der Waals surface area contributed by atoms with Crippen molar-refractivity contribution in [3.63, 3.8) is 0 Å². The molecule has 0 radical (unpaired) electrons. The molecule has 0 bridgehead atoms. The van der Waals surface area contributed by atoms with E-state index in [0.29, 0.717) is 23.8 Å². The number of benzene rings is 4. The Bertz CT molecular complexity index is 3150. The van der Waals surface area contributed by atoms with Crippen LogP contribution in [0.1, 0.15) is 40.5 Å². The van der Waals surface area contributed by atoms with Crippen LogP contribution in [0.4, 0.5) is 0 Å². The monoisotopic (exact) mass is 1040 g/mol. The van der Waals surface area contributed by atoms with Crippen LogP contribution in [0, 0.1) is 0 Å². The Hall–Kier alpha value is -5.84. The first kappa shape index (κ1) is 49.6. The topological polar surface area (TPSA) is 150 Å². The maximum absolute atomic E-state index is 12.8. The molecule has 16 heteroatoms. The third kappa shape index (κ3) is 12.9. The van der Waals surface area contributed by atoms with Gasteiger partial charge in [0.2, 0.25) is 5.78 Å². The van der Waals surface area contributed by atoms with E-state index in [2.05, 4.69) is 123 Å². The number of halogens is 1. The summed E-state index contributed by atoms with van der Waals surface area (Å²) >= 11 is 5.76. The molecule has 0 aliphatic rings. The number of H-pyrrole nitrogens is 1. The summed E-state index contributed by atoms with van der Waals surface area (Å²) in [7, 11) is -1.06. The summed E-state index contributed by atoms with van der Waals surface area (Å²) < 4.78 is 28.2. The van der Waals surface area contributed by atoms with E-state index in [1.807, 2.05) is 60.2 Å². The van der Waals surface area contributed by atoms with Gasteiger partial charge in [0.25, 0.3) is 0 Å². The number of hydrogen-bond acceptors (Lipinski definition) is 11. The fraction of sp³-hybridized carbons (Fsp3) is 0.160. The van der Waals surface area contributed by atoms with Crippen molar-refractivity contribution in [2.75, 3.05) is 6.61 Å². The Morgan fingerprint density at radius 1 is 0.758 bits per heavy atom. The number of carbonyl (C=O) groups excluding carboxylic acids is 2. The Morgan fingerprint density at radius 2 is 1.38 bits per heavy atom. The first-order chi connectivity index (χ1) is 32.0. The molecule has 0 aliphatic carbocycles. The molecule has 6 aromatic heterocycles. The van der Waals surface area contributed by atoms with Gasteiger partial charge in [-0.3, -0.25) is 24.7 Å². The minimum absolute atomic E-state index is 0.151. The van der Waals surface area contributed by atoms with Crippen LogP contribution in [0.15, 0.2) is 150 Å². The van der Waals surface area contributed by atoms with Gasteiger partial charge < -0.3 is 4.74 Å². The molecule has 0 unspecified atom stereocenters. The number of carbonyl (C=O) groups is 2. The SMILES string of the molecule is CC.C[Si](C)(C)CCOCn1cc2cc(Br)cc(-c3cc4ccccc4s3)c2n1.O=C(c1ccccn1)c1[nH]nc2c(-c3cc4ccccc4s3)cccc12.O=Cc1ccccn1.[O]=[Mn]=[O]. The van der Waals surface area contributed by atoms with Crippen LogP contribution >= 0.6 is 38.6 Å². The van der Waals surface area contributed by atoms with E-state index >= 15 is 0 Å². The molecule has 0 aliphatic heterocycles. The predicted molar refractivity (Wildman–Crippen MR) is 269 cm³/mol. The van der Waals surface area contributed by atoms with Crippen LogP contribution in [0.2, 0.25) is 25.7 Å². The van der Waals surface area contributed by atoms with Crippen LogP contribution in [0.25, 0.3) is 62.9 Å². The van der Waals surface area contributed by atoms with Crippen LogP contribution in [-0.4, -0.2) is 56.7 Å². The van der Waals surface area contributed by atoms with Crippen molar-refractivity contribution in [3.8, 4) is 20.9 Å². The fourth-order valence-electron chi connectivity index (χ4n) is 6.65. The molecule has 10 aromatic rings. The molecule has 337 valence electrons. The summed E-state index contributed by atoms with van der Waals surface area (Å²) in [5.74, 6) is -0.151. The summed E-state index contributed by atoms with van der Waals surface area (Å²) in [4.78, 5) is 33.0. The van der Waals surface area contributed by atoms with Gasteiger partial charge in [-0.15, -0.1) is 22.7 Å². The Kier molecular flexibility index (Phi) is 18.1. The third-order valence-corrected chi connectivity index (χ3v) is 14.2. The molecule has 0 fully saturated rings. The molecule has 0 saturated carbocycles. The van der Waals surface area contributed by atoms with Gasteiger partial charge in [-0.25, -0.2) is 4.68 Å². The quantitative estimate of drug-likeness (QED) is 0.0611. The molecule has 0 atom stereocenters. The van der Waals surface area contributed by atoms with Crippen molar-refractivity contribution in [3.05, 3.63) is 168 Å². The van der Waals surface area contributed by atoms with Crippen molar-refractivity contribution in [1.82, 2.24) is 29.9 Å². The number of aromatic nitrogens is 6. The molecule has 6 heterocycles. The summed E-state index contributed by atoms with van der Waals surface area (Å²) in [6, 6.07) is 43.1. The van der Waals surface area contributed by atoms with Gasteiger partial charge in [-0.2, -0.15) is 10.2 Å². The van der Waals surface area contributed by atoms with Gasteiger partial charge in [0.05, 0.1) is 0 Å². The zero-order valence-electron chi connectivity index (χ0n) is 36.9. The van der Waals surface area contributed by atoms with Crippen LogP contribution in [0.3, 0.4) is 0 Å². The number of aldehydes is 1. The maximum atomic E-state index is 12.8. The number of pyridine rings is 2. The van der Waals surface area contributed by atoms with E-state index in [0.717, 1.165) is 49.6 Å². The molecule has 1 N–H and O–H groups in total. The number of ether oxygens (including phenoxy) is 1. The Balaban J connectivity index is 0.000000173. The minimum atomic E-state index is -1.44. The first-order valence-corrected chi connectivity index (χ1v) is 28.1. The first-order valence-electron chi connectivity index (χ1n) is 21.0. The molecule has 0 amide bonds. The summed E-state index contributed by atoms with van der Waals surface area (Å²) in [6.07, 6.45) is 6.00. The number of ketones is 1. The Labute approximate surface area is 406 Å². The summed E-state index contributed by atoms with van der Waals surface area (Å²) in [5.41, 5.74) is 5.39. The fourth-order valence-corrected chi connectivity index (χ4v) is 10.0. The van der Waals surface area contributed by atoms with Gasteiger partial charge >= 0.3 is 22.5 Å². The van der Waals surface area contributed by atoms with E-state index in [4.69, 9.17) is 17.5 Å². The van der Waals surface area contributed by atoms with Crippen LogP contribution in [-0.2, 0) is 34.0 Å². The number of hydrogen-bond donors (Lipinski definition) is 1. The second-order valence-corrected chi connectivity index (χ2v) is 24.4. The van der Waals surface area contributed by atoms with Gasteiger partial charge in [-0.1, -0.05) is 116 Å². The number of nitrogens with zero attached hydrogens (tertiary/aromatic N) is 5. The zero-order chi connectivity index (χ0) is 47.1. The summed E-state index contributed by atoms with van der Waals surface area (Å²) in [5, 5.41) is 16.6. The van der Waals surface area contributed by atoms with Crippen LogP contribution < -0.4 is 0 Å². The molecule has 4 aromatic carbocycles. The van der Waals surface area contributed by atoms with E-state index in [-0.39, 0.29) is 5.78 Å². The molecular weight excluding hydrogens is 992 g/mol. The molecule has 0 spiro atoms. The number of fused-ring (bicyclic) bond motifs is 4. The van der Waals surface area contributed by atoms with E-state index < -0.39 is 22.9 Å². The standard InChI is InChI=1S/C21H23BrN2OSSi.C21H13N3OS.C6H5NO.C2H6.Mn.2O/c1-27(2,3)9-8-25-14-24-13-16-10-17(22)12-18(21(16)23-24)20-11-15-6-4-5-7-19(15)26-20;25-21(16-9-3-4-11-22-16)20-15-8-5-7-14(19(15)23-24-20)18-12-13-6-1-2-10-17(13)26-18;8-5-6-3-1-2-4-7-6;1-2;;;/h4-7,10-13H,8-9,14H2,1-3H3;1-12H,(H,23,24);1-5H;1-2H3;;;. The van der Waals surface area contributed by atoms with E-state index in [9.17, 15) is 9.59 Å². The molecule has 10 rings (SSSR count). The average Bonchev–Trinajstić information content (AvgIpc) is 4.16. The van der Waals surface area contributed by atoms with Crippen molar-refractivity contribution < 1.29 is 36.8 Å². The number of rotatable bonds is 10. The van der Waals surface area contributed by atoms with Crippen LogP contribution in [0.5, 0.6) is 0 Å². The van der Waals surface area contributed by atoms with Crippen molar-refractivity contribution in [2.45, 2.75) is 46.3 Å². The second kappa shape index (κ2) is 24.1. The van der Waals surface area contributed by atoms with Gasteiger partial charge in [0.1, 0.15) is 34.8 Å². The van der Waals surface area contributed by atoms with Gasteiger partial charge in [0, 0.05) is 78.8 Å². The molecular formula is C50H47BrMnN6O5S2Si. The molecule has 0 saturated heterocycles. The van der Waals surface area contributed by atoms with Crippen molar-refractivity contribution >= 4 is 101 Å². The number of nitrogens with one attached hydrogen (secondary N) is 1.